The first-order valence-electron chi connectivity index (χ1n) is 7.76. The first-order chi connectivity index (χ1) is 10.4. The quantitative estimate of drug-likeness (QED) is 0.348. The van der Waals surface area contributed by atoms with Gasteiger partial charge in [0.05, 0.1) is 0 Å². The highest BCUT2D eigenvalue weighted by Crippen LogP contribution is 2.18. The Hall–Kier alpha value is -1.81. The zero-order chi connectivity index (χ0) is 18.3. The fourth-order valence-corrected chi connectivity index (χ4v) is 1.75. The monoisotopic (exact) mass is 327 g/mol. The molecule has 0 aromatic rings. The van der Waals surface area contributed by atoms with Gasteiger partial charge >= 0.3 is 12.1 Å². The Labute approximate surface area is 138 Å². The Morgan fingerprint density at radius 3 is 2.00 bits per heavy atom. The molecule has 0 fully saturated rings. The number of nitrogens with zero attached hydrogens (tertiary/aromatic N) is 2. The highest BCUT2D eigenvalue weighted by atomic mass is 16.6. The number of rotatable bonds is 6. The van der Waals surface area contributed by atoms with E-state index in [1.807, 2.05) is 0 Å². The minimum absolute atomic E-state index is 0.291. The van der Waals surface area contributed by atoms with Crippen LogP contribution in [0.2, 0.25) is 0 Å². The molecular weight excluding hydrogens is 298 g/mol. The van der Waals surface area contributed by atoms with E-state index < -0.39 is 29.3 Å². The largest absolute Gasteiger partial charge is 0.458 e. The molecule has 7 heteroatoms. The molecule has 0 aliphatic heterocycles. The van der Waals surface area contributed by atoms with Gasteiger partial charge in [-0.05, 0) is 67.3 Å². The molecule has 0 radical (unpaired) electrons. The van der Waals surface area contributed by atoms with Crippen molar-refractivity contribution in [2.24, 2.45) is 5.73 Å². The van der Waals surface area contributed by atoms with Gasteiger partial charge in [-0.3, -0.25) is 0 Å². The van der Waals surface area contributed by atoms with Gasteiger partial charge in [0.25, 0.3) is 0 Å². The number of ether oxygens (including phenoxy) is 2. The topological polar surface area (TPSA) is 106 Å². The normalized spacial score (nSPS) is 13.0. The third kappa shape index (κ3) is 9.04. The summed E-state index contributed by atoms with van der Waals surface area (Å²) in [4.78, 5) is 25.3. The van der Waals surface area contributed by atoms with E-state index in [2.05, 4.69) is 0 Å². The van der Waals surface area contributed by atoms with Gasteiger partial charge in [0.1, 0.15) is 17.2 Å². The zero-order valence-corrected chi connectivity index (χ0v) is 15.0. The second-order valence-corrected chi connectivity index (χ2v) is 7.28. The molecule has 0 heterocycles. The lowest BCUT2D eigenvalue weighted by Crippen LogP contribution is -2.46. The molecule has 1 amide bonds. The van der Waals surface area contributed by atoms with Gasteiger partial charge in [0.15, 0.2) is 6.19 Å². The van der Waals surface area contributed by atoms with E-state index in [0.29, 0.717) is 25.8 Å². The molecule has 7 nitrogen and oxygen atoms in total. The van der Waals surface area contributed by atoms with Crippen LogP contribution in [0.5, 0.6) is 0 Å². The van der Waals surface area contributed by atoms with E-state index in [1.165, 1.54) is 0 Å². The number of carbonyl (C=O) groups excluding carboxylic acids is 2. The number of nitrogens with two attached hydrogens (primary N) is 1. The lowest BCUT2D eigenvalue weighted by atomic mass is 10.1. The SMILES string of the molecule is CC(C)(C)OC(=O)[C@H](CCCCN)N(C#N)C(=O)OC(C)(C)C. The number of hydrogen-bond donors (Lipinski definition) is 1. The van der Waals surface area contributed by atoms with Crippen LogP contribution in [-0.4, -0.2) is 40.8 Å². The number of unbranched alkanes of at least 4 members (excludes halogenated alkanes) is 1. The molecule has 0 rings (SSSR count). The lowest BCUT2D eigenvalue weighted by Gasteiger charge is -2.29. The van der Waals surface area contributed by atoms with E-state index in [-0.39, 0.29) is 0 Å². The smallest absolute Gasteiger partial charge is 0.424 e. The van der Waals surface area contributed by atoms with Crippen LogP contribution in [0.15, 0.2) is 0 Å². The molecule has 0 unspecified atom stereocenters. The minimum Gasteiger partial charge on any atom is -0.458 e. The number of hydrogen-bond acceptors (Lipinski definition) is 6. The second-order valence-electron chi connectivity index (χ2n) is 7.28. The molecule has 0 aromatic carbocycles. The van der Waals surface area contributed by atoms with E-state index in [1.54, 1.807) is 47.7 Å². The van der Waals surface area contributed by atoms with Crippen molar-refractivity contribution in [2.75, 3.05) is 6.54 Å². The molecule has 0 spiro atoms. The van der Waals surface area contributed by atoms with Crippen molar-refractivity contribution in [1.29, 1.82) is 5.26 Å². The molecule has 0 saturated carbocycles. The van der Waals surface area contributed by atoms with Gasteiger partial charge in [0.2, 0.25) is 0 Å². The van der Waals surface area contributed by atoms with E-state index in [0.717, 1.165) is 4.90 Å². The van der Waals surface area contributed by atoms with Crippen LogP contribution in [-0.2, 0) is 14.3 Å². The lowest BCUT2D eigenvalue weighted by molar-refractivity contribution is -0.160. The summed E-state index contributed by atoms with van der Waals surface area (Å²) in [6.45, 7) is 10.7. The van der Waals surface area contributed by atoms with Gasteiger partial charge < -0.3 is 15.2 Å². The highest BCUT2D eigenvalue weighted by Gasteiger charge is 2.35. The van der Waals surface area contributed by atoms with Crippen LogP contribution >= 0.6 is 0 Å². The maximum absolute atomic E-state index is 12.4. The average molecular weight is 327 g/mol. The molecule has 0 saturated heterocycles. The van der Waals surface area contributed by atoms with Gasteiger partial charge in [-0.15, -0.1) is 0 Å². The zero-order valence-electron chi connectivity index (χ0n) is 15.0. The average Bonchev–Trinajstić information content (AvgIpc) is 2.33. The summed E-state index contributed by atoms with van der Waals surface area (Å²) in [5, 5.41) is 9.31. The van der Waals surface area contributed by atoms with Crippen LogP contribution in [0.3, 0.4) is 0 Å². The van der Waals surface area contributed by atoms with Crippen molar-refractivity contribution < 1.29 is 19.1 Å². The summed E-state index contributed by atoms with van der Waals surface area (Å²) >= 11 is 0. The number of amides is 1. The molecule has 0 aliphatic rings. The van der Waals surface area contributed by atoms with Crippen molar-refractivity contribution in [2.45, 2.75) is 78.0 Å². The summed E-state index contributed by atoms with van der Waals surface area (Å²) in [6, 6.07) is -1.01. The summed E-state index contributed by atoms with van der Waals surface area (Å²) in [5.41, 5.74) is 3.99. The van der Waals surface area contributed by atoms with Crippen LogP contribution in [0.25, 0.3) is 0 Å². The highest BCUT2D eigenvalue weighted by molar-refractivity contribution is 5.82. The summed E-state index contributed by atoms with van der Waals surface area (Å²) in [6.07, 6.45) is 2.46. The summed E-state index contributed by atoms with van der Waals surface area (Å²) in [5.74, 6) is -0.623. The Morgan fingerprint density at radius 2 is 1.61 bits per heavy atom. The molecule has 23 heavy (non-hydrogen) atoms. The molecule has 0 bridgehead atoms. The first-order valence-corrected chi connectivity index (χ1v) is 7.76. The molecule has 132 valence electrons. The maximum Gasteiger partial charge on any atom is 0.424 e. The molecule has 2 N–H and O–H groups in total. The summed E-state index contributed by atoms with van der Waals surface area (Å²) < 4.78 is 10.5. The first kappa shape index (κ1) is 21.2. The molecule has 1 atom stereocenters. The predicted molar refractivity (Wildman–Crippen MR) is 86.2 cm³/mol. The van der Waals surface area contributed by atoms with Gasteiger partial charge in [-0.1, -0.05) is 0 Å². The van der Waals surface area contributed by atoms with Crippen LogP contribution < -0.4 is 5.73 Å². The number of carbonyl (C=O) groups is 2. The van der Waals surface area contributed by atoms with E-state index >= 15 is 0 Å². The fraction of sp³-hybridized carbons (Fsp3) is 0.812. The molecule has 0 aromatic heterocycles. The van der Waals surface area contributed by atoms with E-state index in [4.69, 9.17) is 15.2 Å². The van der Waals surface area contributed by atoms with Gasteiger partial charge in [0, 0.05) is 0 Å². The summed E-state index contributed by atoms with van der Waals surface area (Å²) in [7, 11) is 0. The second kappa shape index (κ2) is 8.73. The number of nitriles is 1. The molecular formula is C16H29N3O4. The minimum atomic E-state index is -1.01. The Kier molecular flexibility index (Phi) is 8.04. The van der Waals surface area contributed by atoms with Crippen molar-refractivity contribution >= 4 is 12.1 Å². The predicted octanol–water partition coefficient (Wildman–Crippen LogP) is 2.54. The Bertz CT molecular complexity index is 444. The Morgan fingerprint density at radius 1 is 1.09 bits per heavy atom. The Balaban J connectivity index is 5.24. The van der Waals surface area contributed by atoms with Crippen LogP contribution in [0, 0.1) is 11.5 Å². The third-order valence-corrected chi connectivity index (χ3v) is 2.62. The van der Waals surface area contributed by atoms with Crippen LogP contribution in [0.4, 0.5) is 4.79 Å². The van der Waals surface area contributed by atoms with Crippen molar-refractivity contribution in [3.63, 3.8) is 0 Å². The third-order valence-electron chi connectivity index (χ3n) is 2.62. The molecule has 0 aliphatic carbocycles. The van der Waals surface area contributed by atoms with Crippen molar-refractivity contribution in [1.82, 2.24) is 4.90 Å². The van der Waals surface area contributed by atoms with Gasteiger partial charge in [-0.2, -0.15) is 10.2 Å². The van der Waals surface area contributed by atoms with Gasteiger partial charge in [-0.25, -0.2) is 9.59 Å². The van der Waals surface area contributed by atoms with Crippen LogP contribution in [0.1, 0.15) is 60.8 Å². The van der Waals surface area contributed by atoms with Crippen molar-refractivity contribution in [3.05, 3.63) is 0 Å². The van der Waals surface area contributed by atoms with Crippen molar-refractivity contribution in [3.8, 4) is 6.19 Å². The van der Waals surface area contributed by atoms with E-state index in [9.17, 15) is 14.9 Å². The number of esters is 1. The fourth-order valence-electron chi connectivity index (χ4n) is 1.75. The maximum atomic E-state index is 12.4. The standard InChI is InChI=1S/C16H29N3O4/c1-15(2,3)22-13(20)12(9-7-8-10-17)19(11-18)14(21)23-16(4,5)6/h12H,7-10,17H2,1-6H3/t12-/m0/s1.